The zero-order valence-electron chi connectivity index (χ0n) is 12.5. The summed E-state index contributed by atoms with van der Waals surface area (Å²) in [5.41, 5.74) is 4.18. The van der Waals surface area contributed by atoms with Crippen LogP contribution in [0.1, 0.15) is 11.1 Å². The molecule has 0 heterocycles. The molecule has 0 bridgehead atoms. The van der Waals surface area contributed by atoms with Crippen LogP contribution in [0.4, 0.5) is 11.4 Å². The number of anilines is 1. The van der Waals surface area contributed by atoms with Gasteiger partial charge in [-0.2, -0.15) is 5.10 Å². The van der Waals surface area contributed by atoms with Gasteiger partial charge in [-0.15, -0.1) is 0 Å². The summed E-state index contributed by atoms with van der Waals surface area (Å²) in [5.74, 6) is -0.129. The van der Waals surface area contributed by atoms with Gasteiger partial charge in [0.2, 0.25) is 0 Å². The number of nitro groups is 1. The number of benzene rings is 2. The van der Waals surface area contributed by atoms with Gasteiger partial charge in [0.1, 0.15) is 5.75 Å². The first-order valence-corrected chi connectivity index (χ1v) is 7.49. The summed E-state index contributed by atoms with van der Waals surface area (Å²) in [6, 6.07) is 9.00. The second-order valence-electron chi connectivity index (χ2n) is 4.74. The summed E-state index contributed by atoms with van der Waals surface area (Å²) in [6.45, 7) is 1.84. The molecule has 0 unspecified atom stereocenters. The Kier molecular flexibility index (Phi) is 5.67. The van der Waals surface area contributed by atoms with Crippen molar-refractivity contribution in [1.29, 1.82) is 0 Å². The Labute approximate surface area is 148 Å². The SMILES string of the molecule is Cc1c(Cl)cccc1NC(=S)N/N=C/c1cc([N+](=O)[O-])ccc1O. The van der Waals surface area contributed by atoms with Crippen LogP contribution in [-0.4, -0.2) is 21.4 Å². The number of nitrogens with one attached hydrogen (secondary N) is 2. The summed E-state index contributed by atoms with van der Waals surface area (Å²) >= 11 is 11.1. The minimum absolute atomic E-state index is 0.129. The maximum Gasteiger partial charge on any atom is 0.270 e. The quantitative estimate of drug-likeness (QED) is 0.332. The monoisotopic (exact) mass is 364 g/mol. The fourth-order valence-electron chi connectivity index (χ4n) is 1.81. The van der Waals surface area contributed by atoms with Gasteiger partial charge in [0.05, 0.1) is 11.1 Å². The maximum absolute atomic E-state index is 10.7. The summed E-state index contributed by atoms with van der Waals surface area (Å²) in [6.07, 6.45) is 1.24. The Bertz CT molecular complexity index is 826. The molecule has 7 nitrogen and oxygen atoms in total. The highest BCUT2D eigenvalue weighted by molar-refractivity contribution is 7.80. The lowest BCUT2D eigenvalue weighted by molar-refractivity contribution is -0.384. The topological polar surface area (TPSA) is 99.8 Å². The lowest BCUT2D eigenvalue weighted by atomic mass is 10.2. The smallest absolute Gasteiger partial charge is 0.270 e. The molecular weight excluding hydrogens is 352 g/mol. The predicted molar refractivity (Wildman–Crippen MR) is 97.9 cm³/mol. The van der Waals surface area contributed by atoms with E-state index >= 15 is 0 Å². The van der Waals surface area contributed by atoms with Gasteiger partial charge >= 0.3 is 0 Å². The van der Waals surface area contributed by atoms with Gasteiger partial charge in [-0.1, -0.05) is 17.7 Å². The molecule has 0 fully saturated rings. The molecule has 9 heteroatoms. The van der Waals surface area contributed by atoms with Crippen LogP contribution < -0.4 is 10.7 Å². The minimum atomic E-state index is -0.557. The first-order valence-electron chi connectivity index (χ1n) is 6.71. The molecule has 0 saturated heterocycles. The molecule has 24 heavy (non-hydrogen) atoms. The number of nitrogens with zero attached hydrogens (tertiary/aromatic N) is 2. The zero-order valence-corrected chi connectivity index (χ0v) is 14.1. The zero-order chi connectivity index (χ0) is 17.7. The molecule has 0 saturated carbocycles. The number of halogens is 1. The molecule has 2 aromatic carbocycles. The van der Waals surface area contributed by atoms with Crippen molar-refractivity contribution >= 4 is 46.5 Å². The van der Waals surface area contributed by atoms with Crippen molar-refractivity contribution in [1.82, 2.24) is 5.43 Å². The number of thiocarbonyl (C=S) groups is 1. The number of hydrogen-bond donors (Lipinski definition) is 3. The van der Waals surface area contributed by atoms with Gasteiger partial charge in [0, 0.05) is 28.4 Å². The average Bonchev–Trinajstić information content (AvgIpc) is 2.53. The third kappa shape index (κ3) is 4.40. The molecule has 0 radical (unpaired) electrons. The van der Waals surface area contributed by atoms with Crippen molar-refractivity contribution < 1.29 is 10.0 Å². The van der Waals surface area contributed by atoms with E-state index in [0.717, 1.165) is 11.3 Å². The van der Waals surface area contributed by atoms with E-state index in [0.29, 0.717) is 5.02 Å². The molecule has 0 aliphatic heterocycles. The van der Waals surface area contributed by atoms with E-state index in [4.69, 9.17) is 23.8 Å². The third-order valence-electron chi connectivity index (χ3n) is 3.11. The van der Waals surface area contributed by atoms with Crippen molar-refractivity contribution in [3.05, 3.63) is 62.7 Å². The highest BCUT2D eigenvalue weighted by atomic mass is 35.5. The summed E-state index contributed by atoms with van der Waals surface area (Å²) < 4.78 is 0. The van der Waals surface area contributed by atoms with Gasteiger partial charge in [-0.3, -0.25) is 15.5 Å². The molecule has 0 aliphatic rings. The van der Waals surface area contributed by atoms with E-state index in [-0.39, 0.29) is 22.1 Å². The van der Waals surface area contributed by atoms with E-state index in [1.165, 1.54) is 24.4 Å². The summed E-state index contributed by atoms with van der Waals surface area (Å²) in [4.78, 5) is 10.2. The van der Waals surface area contributed by atoms with Gasteiger partial charge < -0.3 is 10.4 Å². The molecule has 0 atom stereocenters. The molecule has 0 aliphatic carbocycles. The lowest BCUT2D eigenvalue weighted by Gasteiger charge is -2.10. The van der Waals surface area contributed by atoms with Crippen LogP contribution >= 0.6 is 23.8 Å². The van der Waals surface area contributed by atoms with E-state index in [1.54, 1.807) is 12.1 Å². The number of phenols is 1. The van der Waals surface area contributed by atoms with Gasteiger partial charge in [-0.25, -0.2) is 0 Å². The molecule has 124 valence electrons. The predicted octanol–water partition coefficient (Wildman–Crippen LogP) is 3.58. The van der Waals surface area contributed by atoms with E-state index in [9.17, 15) is 15.2 Å². The average molecular weight is 365 g/mol. The lowest BCUT2D eigenvalue weighted by Crippen LogP contribution is -2.24. The minimum Gasteiger partial charge on any atom is -0.507 e. The highest BCUT2D eigenvalue weighted by Crippen LogP contribution is 2.23. The Morgan fingerprint density at radius 3 is 2.88 bits per heavy atom. The molecule has 3 N–H and O–H groups in total. The van der Waals surface area contributed by atoms with Crippen LogP contribution in [0.2, 0.25) is 5.02 Å². The number of nitro benzene ring substituents is 1. The van der Waals surface area contributed by atoms with Gasteiger partial charge in [0.25, 0.3) is 5.69 Å². The summed E-state index contributed by atoms with van der Waals surface area (Å²) in [7, 11) is 0. The highest BCUT2D eigenvalue weighted by Gasteiger charge is 2.09. The third-order valence-corrected chi connectivity index (χ3v) is 3.71. The van der Waals surface area contributed by atoms with Crippen molar-refractivity contribution in [2.24, 2.45) is 5.10 Å². The second-order valence-corrected chi connectivity index (χ2v) is 5.55. The molecule has 2 aromatic rings. The molecule has 0 amide bonds. The maximum atomic E-state index is 10.7. The van der Waals surface area contributed by atoms with Crippen LogP contribution in [0.5, 0.6) is 5.75 Å². The number of hydrazone groups is 1. The molecule has 2 rings (SSSR count). The number of non-ortho nitro benzene ring substituents is 1. The van der Waals surface area contributed by atoms with Crippen LogP contribution in [0, 0.1) is 17.0 Å². The van der Waals surface area contributed by atoms with Crippen molar-refractivity contribution in [2.75, 3.05) is 5.32 Å². The normalized spacial score (nSPS) is 10.6. The molecule has 0 aromatic heterocycles. The van der Waals surface area contributed by atoms with E-state index < -0.39 is 4.92 Å². The van der Waals surface area contributed by atoms with Gasteiger partial charge in [0.15, 0.2) is 5.11 Å². The number of aromatic hydroxyl groups is 1. The van der Waals surface area contributed by atoms with Crippen LogP contribution in [0.3, 0.4) is 0 Å². The standard InChI is InChI=1S/C15H13ClN4O3S/c1-9-12(16)3-2-4-13(9)18-15(24)19-17-8-10-7-11(20(22)23)5-6-14(10)21/h2-8,21H,1H3,(H2,18,19,24)/b17-8+. The largest absolute Gasteiger partial charge is 0.507 e. The van der Waals surface area contributed by atoms with Gasteiger partial charge in [-0.05, 0) is 42.9 Å². The van der Waals surface area contributed by atoms with Crippen molar-refractivity contribution in [3.8, 4) is 5.75 Å². The second kappa shape index (κ2) is 7.71. The van der Waals surface area contributed by atoms with Crippen molar-refractivity contribution in [2.45, 2.75) is 6.92 Å². The van der Waals surface area contributed by atoms with E-state index in [1.807, 2.05) is 13.0 Å². The number of hydrogen-bond acceptors (Lipinski definition) is 5. The van der Waals surface area contributed by atoms with Crippen LogP contribution in [0.25, 0.3) is 0 Å². The van der Waals surface area contributed by atoms with Crippen LogP contribution in [-0.2, 0) is 0 Å². The molecule has 0 spiro atoms. The van der Waals surface area contributed by atoms with E-state index in [2.05, 4.69) is 15.8 Å². The number of phenolic OH excluding ortho intramolecular Hbond substituents is 1. The Hall–Kier alpha value is -2.71. The fourth-order valence-corrected chi connectivity index (χ4v) is 2.15. The Balaban J connectivity index is 2.04. The number of rotatable bonds is 4. The summed E-state index contributed by atoms with van der Waals surface area (Å²) in [5, 5.41) is 28.0. The Morgan fingerprint density at radius 1 is 1.42 bits per heavy atom. The fraction of sp³-hybridized carbons (Fsp3) is 0.0667. The Morgan fingerprint density at radius 2 is 2.17 bits per heavy atom. The van der Waals surface area contributed by atoms with Crippen molar-refractivity contribution in [3.63, 3.8) is 0 Å². The van der Waals surface area contributed by atoms with Crippen LogP contribution in [0.15, 0.2) is 41.5 Å². The first-order chi connectivity index (χ1) is 11.4. The first kappa shape index (κ1) is 17.6. The molecular formula is C15H13ClN4O3S.